The zero-order chi connectivity index (χ0) is 33.2. The minimum atomic E-state index is -1.24. The van der Waals surface area contributed by atoms with Gasteiger partial charge in [-0.1, -0.05) is 117 Å². The van der Waals surface area contributed by atoms with E-state index in [2.05, 4.69) is 13.8 Å². The first kappa shape index (κ1) is 41.7. The second-order valence-corrected chi connectivity index (χ2v) is 12.7. The lowest BCUT2D eigenvalue weighted by molar-refractivity contribution is -0.193. The van der Waals surface area contributed by atoms with Crippen LogP contribution in [0.4, 0.5) is 0 Å². The summed E-state index contributed by atoms with van der Waals surface area (Å²) in [4.78, 5) is 30.1. The smallest absolute Gasteiger partial charge is 0.255 e. The number of carbonyl (C=O) groups excluding carboxylic acids is 2. The predicted molar refractivity (Wildman–Crippen MR) is 178 cm³/mol. The summed E-state index contributed by atoms with van der Waals surface area (Å²) in [5.41, 5.74) is 0. The molecule has 1 heterocycles. The van der Waals surface area contributed by atoms with E-state index in [9.17, 15) is 30.0 Å². The van der Waals surface area contributed by atoms with E-state index in [0.29, 0.717) is 12.8 Å². The van der Waals surface area contributed by atoms with Gasteiger partial charge in [0.25, 0.3) is 11.8 Å². The largest absolute Gasteiger partial charge is 0.395 e. The van der Waals surface area contributed by atoms with E-state index in [1.54, 1.807) is 0 Å². The maximum atomic E-state index is 13.7. The van der Waals surface area contributed by atoms with E-state index in [1.807, 2.05) is 0 Å². The number of ether oxygens (including phenoxy) is 2. The highest BCUT2D eigenvalue weighted by Crippen LogP contribution is 2.39. The normalized spacial score (nSPS) is 17.6. The van der Waals surface area contributed by atoms with Gasteiger partial charge in [-0.2, -0.15) is 0 Å². The van der Waals surface area contributed by atoms with Crippen molar-refractivity contribution in [2.45, 2.75) is 160 Å². The van der Waals surface area contributed by atoms with Gasteiger partial charge in [-0.3, -0.25) is 9.59 Å². The number of nitrogens with zero attached hydrogens (tertiary/aromatic N) is 2. The minimum absolute atomic E-state index is 0.000665. The third-order valence-electron chi connectivity index (χ3n) is 8.87. The number of rotatable bonds is 30. The fraction of sp³-hybridized carbons (Fsp3) is 0.943. The Balaban J connectivity index is 3.05. The third kappa shape index (κ3) is 16.9. The Morgan fingerprint density at radius 3 is 1.02 bits per heavy atom. The van der Waals surface area contributed by atoms with Crippen LogP contribution in [0.1, 0.15) is 142 Å². The summed E-state index contributed by atoms with van der Waals surface area (Å²) < 4.78 is 13.0. The van der Waals surface area contributed by atoms with Crippen LogP contribution in [-0.2, 0) is 19.1 Å². The van der Waals surface area contributed by atoms with Crippen molar-refractivity contribution in [3.05, 3.63) is 0 Å². The summed E-state index contributed by atoms with van der Waals surface area (Å²) in [5, 5.41) is 38.3. The molecule has 4 N–H and O–H groups in total. The SMILES string of the molecule is CCCCCCCCCCCC1(CCCCCCCCCCC)OC(C(=O)N(CCO)CCO)C(C(=O)N(CCO)CCO)O1. The monoisotopic (exact) mass is 644 g/mol. The predicted octanol–water partition coefficient (Wildman–Crippen LogP) is 4.93. The number of unbranched alkanes of at least 4 members (excludes halogenated alkanes) is 16. The van der Waals surface area contributed by atoms with Gasteiger partial charge in [0, 0.05) is 39.0 Å². The van der Waals surface area contributed by atoms with Crippen LogP contribution in [0.2, 0.25) is 0 Å². The molecule has 10 heteroatoms. The van der Waals surface area contributed by atoms with Crippen LogP contribution in [0.15, 0.2) is 0 Å². The first-order chi connectivity index (χ1) is 21.9. The fourth-order valence-corrected chi connectivity index (χ4v) is 6.25. The summed E-state index contributed by atoms with van der Waals surface area (Å²) >= 11 is 0. The summed E-state index contributed by atoms with van der Waals surface area (Å²) in [7, 11) is 0. The molecule has 0 bridgehead atoms. The van der Waals surface area contributed by atoms with Crippen LogP contribution in [0.25, 0.3) is 0 Å². The van der Waals surface area contributed by atoms with Crippen LogP contribution in [0.5, 0.6) is 0 Å². The highest BCUT2D eigenvalue weighted by molar-refractivity contribution is 5.91. The molecule has 0 saturated carbocycles. The summed E-state index contributed by atoms with van der Waals surface area (Å²) in [6, 6.07) is 0. The lowest BCUT2D eigenvalue weighted by atomic mass is 9.98. The molecule has 266 valence electrons. The molecule has 2 atom stereocenters. The second kappa shape index (κ2) is 26.7. The van der Waals surface area contributed by atoms with Gasteiger partial charge in [0.2, 0.25) is 0 Å². The first-order valence-corrected chi connectivity index (χ1v) is 18.3. The van der Waals surface area contributed by atoms with E-state index in [0.717, 1.165) is 38.5 Å². The summed E-state index contributed by atoms with van der Waals surface area (Å²) in [5.74, 6) is -2.12. The molecule has 0 aliphatic carbocycles. The van der Waals surface area contributed by atoms with Crippen molar-refractivity contribution in [3.8, 4) is 0 Å². The van der Waals surface area contributed by atoms with Crippen molar-refractivity contribution < 1.29 is 39.5 Å². The van der Waals surface area contributed by atoms with E-state index in [-0.39, 0.29) is 52.6 Å². The van der Waals surface area contributed by atoms with E-state index in [1.165, 1.54) is 86.8 Å². The van der Waals surface area contributed by atoms with E-state index < -0.39 is 29.8 Å². The molecular formula is C35H68N2O8. The topological polar surface area (TPSA) is 140 Å². The second-order valence-electron chi connectivity index (χ2n) is 12.7. The summed E-state index contributed by atoms with van der Waals surface area (Å²) in [6.07, 6.45) is 19.6. The molecule has 2 amide bonds. The average molecular weight is 645 g/mol. The highest BCUT2D eigenvalue weighted by Gasteiger charge is 2.54. The van der Waals surface area contributed by atoms with Gasteiger partial charge in [-0.25, -0.2) is 0 Å². The van der Waals surface area contributed by atoms with Gasteiger partial charge in [0.1, 0.15) is 0 Å². The quantitative estimate of drug-likeness (QED) is 0.0807. The Kier molecular flexibility index (Phi) is 24.8. The average Bonchev–Trinajstić information content (AvgIpc) is 3.42. The zero-order valence-corrected chi connectivity index (χ0v) is 28.8. The van der Waals surface area contributed by atoms with Crippen LogP contribution in [0.3, 0.4) is 0 Å². The van der Waals surface area contributed by atoms with Gasteiger partial charge in [-0.15, -0.1) is 0 Å². The zero-order valence-electron chi connectivity index (χ0n) is 28.8. The number of aliphatic hydroxyl groups is 4. The minimum Gasteiger partial charge on any atom is -0.395 e. The number of aliphatic hydroxyl groups excluding tert-OH is 4. The molecule has 0 aromatic heterocycles. The van der Waals surface area contributed by atoms with Crippen molar-refractivity contribution in [2.75, 3.05) is 52.6 Å². The van der Waals surface area contributed by atoms with E-state index in [4.69, 9.17) is 9.47 Å². The molecule has 1 fully saturated rings. The molecule has 10 nitrogen and oxygen atoms in total. The molecule has 1 rings (SSSR count). The molecule has 1 aliphatic heterocycles. The van der Waals surface area contributed by atoms with Crippen molar-refractivity contribution in [3.63, 3.8) is 0 Å². The maximum Gasteiger partial charge on any atom is 0.255 e. The lowest BCUT2D eigenvalue weighted by Gasteiger charge is -2.29. The van der Waals surface area contributed by atoms with Crippen molar-refractivity contribution >= 4 is 11.8 Å². The molecule has 0 spiro atoms. The molecule has 0 aromatic rings. The number of hydrogen-bond donors (Lipinski definition) is 4. The number of hydrogen-bond acceptors (Lipinski definition) is 8. The van der Waals surface area contributed by atoms with Gasteiger partial charge in [0.15, 0.2) is 18.0 Å². The summed E-state index contributed by atoms with van der Waals surface area (Å²) in [6.45, 7) is 3.29. The molecule has 0 aromatic carbocycles. The Hall–Kier alpha value is -1.30. The Bertz CT molecular complexity index is 668. The van der Waals surface area contributed by atoms with Crippen LogP contribution >= 0.6 is 0 Å². The van der Waals surface area contributed by atoms with Crippen LogP contribution in [0, 0.1) is 0 Å². The van der Waals surface area contributed by atoms with Crippen molar-refractivity contribution in [2.24, 2.45) is 0 Å². The number of amides is 2. The maximum absolute atomic E-state index is 13.7. The first-order valence-electron chi connectivity index (χ1n) is 18.3. The van der Waals surface area contributed by atoms with Gasteiger partial charge < -0.3 is 39.7 Å². The molecule has 1 aliphatic rings. The molecule has 2 unspecified atom stereocenters. The van der Waals surface area contributed by atoms with Gasteiger partial charge in [0.05, 0.1) is 26.4 Å². The lowest BCUT2D eigenvalue weighted by Crippen LogP contribution is -2.52. The Morgan fingerprint density at radius 1 is 0.489 bits per heavy atom. The number of carbonyl (C=O) groups is 2. The van der Waals surface area contributed by atoms with Crippen LogP contribution < -0.4 is 0 Å². The van der Waals surface area contributed by atoms with Crippen LogP contribution in [-0.4, -0.2) is 113 Å². The molecule has 0 radical (unpaired) electrons. The molecule has 45 heavy (non-hydrogen) atoms. The highest BCUT2D eigenvalue weighted by atomic mass is 16.8. The van der Waals surface area contributed by atoms with E-state index >= 15 is 0 Å². The molecular weight excluding hydrogens is 576 g/mol. The van der Waals surface area contributed by atoms with Crippen molar-refractivity contribution in [1.82, 2.24) is 9.80 Å². The Morgan fingerprint density at radius 2 is 0.756 bits per heavy atom. The van der Waals surface area contributed by atoms with Gasteiger partial charge >= 0.3 is 0 Å². The van der Waals surface area contributed by atoms with Crippen molar-refractivity contribution in [1.29, 1.82) is 0 Å². The molecule has 1 saturated heterocycles. The standard InChI is InChI=1S/C35H68N2O8/c1-3-5-7-9-11-13-15-17-19-21-35(22-20-18-16-14-12-10-8-6-4-2)44-31(33(42)36(23-27-38)24-28-39)32(45-35)34(43)37(25-29-40)26-30-41/h31-32,38-41H,3-30H2,1-2H3. The third-order valence-corrected chi connectivity index (χ3v) is 8.87. The Labute approximate surface area is 273 Å². The fourth-order valence-electron chi connectivity index (χ4n) is 6.25. The van der Waals surface area contributed by atoms with Gasteiger partial charge in [-0.05, 0) is 12.8 Å².